The first-order chi connectivity index (χ1) is 9.65. The number of hydrogen-bond donors (Lipinski definition) is 0. The molecule has 0 N–H and O–H groups in total. The Bertz CT molecular complexity index is 797. The molecule has 0 saturated heterocycles. The second kappa shape index (κ2) is 4.56. The third-order valence-corrected chi connectivity index (χ3v) is 3.62. The number of rotatable bonds is 2. The van der Waals surface area contributed by atoms with E-state index in [0.717, 1.165) is 11.0 Å². The minimum atomic E-state index is -0.00843. The molecule has 4 nitrogen and oxygen atoms in total. The number of ether oxygens (including phenoxy) is 2. The Morgan fingerprint density at radius 2 is 1.30 bits per heavy atom. The van der Waals surface area contributed by atoms with Crippen molar-refractivity contribution >= 4 is 21.8 Å². The first-order valence-electron chi connectivity index (χ1n) is 6.30. The number of aryl methyl sites for hydroxylation is 1. The smallest absolute Gasteiger partial charge is 0.197 e. The number of pyridine rings is 1. The van der Waals surface area contributed by atoms with Crippen molar-refractivity contribution in [3.8, 4) is 11.5 Å². The molecule has 3 rings (SSSR count). The van der Waals surface area contributed by atoms with E-state index in [0.29, 0.717) is 22.3 Å². The highest BCUT2D eigenvalue weighted by molar-refractivity contribution is 5.94. The average molecular weight is 269 g/mol. The summed E-state index contributed by atoms with van der Waals surface area (Å²) in [5.74, 6) is 1.36. The van der Waals surface area contributed by atoms with Gasteiger partial charge in [0, 0.05) is 17.8 Å². The van der Waals surface area contributed by atoms with Crippen LogP contribution in [-0.4, -0.2) is 18.8 Å². The van der Waals surface area contributed by atoms with Gasteiger partial charge >= 0.3 is 0 Å². The molecule has 0 unspecified atom stereocenters. The predicted molar refractivity (Wildman–Crippen MR) is 79.8 cm³/mol. The third kappa shape index (κ3) is 1.72. The largest absolute Gasteiger partial charge is 0.497 e. The molecule has 102 valence electrons. The van der Waals surface area contributed by atoms with Crippen molar-refractivity contribution in [3.63, 3.8) is 0 Å². The number of nitrogens with zero attached hydrogens (tertiary/aromatic N) is 1. The topological polar surface area (TPSA) is 40.5 Å². The van der Waals surface area contributed by atoms with Crippen LogP contribution in [0.25, 0.3) is 21.8 Å². The SMILES string of the molecule is COc1ccc2c(c1)c(=O)c1cc(OC)ccc1n2C. The molecule has 0 bridgehead atoms. The van der Waals surface area contributed by atoms with Gasteiger partial charge in [-0.2, -0.15) is 0 Å². The van der Waals surface area contributed by atoms with Gasteiger partial charge in [0.15, 0.2) is 5.43 Å². The highest BCUT2D eigenvalue weighted by Gasteiger charge is 2.10. The van der Waals surface area contributed by atoms with Crippen LogP contribution in [0.15, 0.2) is 41.2 Å². The normalized spacial score (nSPS) is 10.9. The molecule has 0 aliphatic carbocycles. The Morgan fingerprint density at radius 1 is 0.850 bits per heavy atom. The van der Waals surface area contributed by atoms with E-state index in [1.165, 1.54) is 0 Å². The molecule has 0 aliphatic rings. The maximum absolute atomic E-state index is 12.7. The van der Waals surface area contributed by atoms with Crippen molar-refractivity contribution in [2.45, 2.75) is 0 Å². The quantitative estimate of drug-likeness (QED) is 0.672. The van der Waals surface area contributed by atoms with Gasteiger partial charge in [0.25, 0.3) is 0 Å². The number of hydrogen-bond acceptors (Lipinski definition) is 3. The Hall–Kier alpha value is -2.49. The average Bonchev–Trinajstić information content (AvgIpc) is 2.51. The number of methoxy groups -OCH3 is 2. The van der Waals surface area contributed by atoms with E-state index >= 15 is 0 Å². The van der Waals surface area contributed by atoms with Gasteiger partial charge < -0.3 is 14.0 Å². The molecule has 1 heterocycles. The molecule has 0 saturated carbocycles. The zero-order valence-electron chi connectivity index (χ0n) is 11.6. The van der Waals surface area contributed by atoms with E-state index in [9.17, 15) is 4.79 Å². The molecule has 4 heteroatoms. The highest BCUT2D eigenvalue weighted by Crippen LogP contribution is 2.24. The molecule has 0 amide bonds. The lowest BCUT2D eigenvalue weighted by Crippen LogP contribution is -2.09. The standard InChI is InChI=1S/C16H15NO3/c1-17-14-6-4-10(19-2)8-12(14)16(18)13-9-11(20-3)5-7-15(13)17/h4-9H,1-3H3. The van der Waals surface area contributed by atoms with Gasteiger partial charge in [-0.25, -0.2) is 0 Å². The van der Waals surface area contributed by atoms with Crippen LogP contribution in [0.1, 0.15) is 0 Å². The number of benzene rings is 2. The van der Waals surface area contributed by atoms with Crippen LogP contribution in [0.4, 0.5) is 0 Å². The van der Waals surface area contributed by atoms with Gasteiger partial charge in [0.1, 0.15) is 11.5 Å². The van der Waals surface area contributed by atoms with Crippen molar-refractivity contribution in [2.75, 3.05) is 14.2 Å². The Morgan fingerprint density at radius 3 is 1.70 bits per heavy atom. The van der Waals surface area contributed by atoms with Gasteiger partial charge in [-0.15, -0.1) is 0 Å². The summed E-state index contributed by atoms with van der Waals surface area (Å²) in [4.78, 5) is 12.7. The van der Waals surface area contributed by atoms with Crippen LogP contribution in [0.2, 0.25) is 0 Å². The monoisotopic (exact) mass is 269 g/mol. The maximum Gasteiger partial charge on any atom is 0.197 e. The predicted octanol–water partition coefficient (Wildman–Crippen LogP) is 2.71. The summed E-state index contributed by atoms with van der Waals surface area (Å²) in [5, 5.41) is 1.29. The van der Waals surface area contributed by atoms with E-state index in [-0.39, 0.29) is 5.43 Å². The Labute approximate surface area is 116 Å². The fraction of sp³-hybridized carbons (Fsp3) is 0.188. The molecule has 0 aliphatic heterocycles. The first-order valence-corrected chi connectivity index (χ1v) is 6.30. The van der Waals surface area contributed by atoms with Gasteiger partial charge in [-0.3, -0.25) is 4.79 Å². The van der Waals surface area contributed by atoms with Crippen molar-refractivity contribution in [1.82, 2.24) is 4.57 Å². The van der Waals surface area contributed by atoms with Crippen LogP contribution in [0, 0.1) is 0 Å². The second-order valence-corrected chi connectivity index (χ2v) is 4.65. The lowest BCUT2D eigenvalue weighted by atomic mass is 10.1. The zero-order valence-corrected chi connectivity index (χ0v) is 11.6. The van der Waals surface area contributed by atoms with E-state index in [1.807, 2.05) is 35.9 Å². The molecule has 3 aromatic rings. The molecular weight excluding hydrogens is 254 g/mol. The van der Waals surface area contributed by atoms with E-state index in [1.54, 1.807) is 26.4 Å². The van der Waals surface area contributed by atoms with Gasteiger partial charge in [-0.05, 0) is 36.4 Å². The Balaban J connectivity index is 2.51. The van der Waals surface area contributed by atoms with Crippen molar-refractivity contribution in [3.05, 3.63) is 46.6 Å². The van der Waals surface area contributed by atoms with Crippen molar-refractivity contribution < 1.29 is 9.47 Å². The van der Waals surface area contributed by atoms with Gasteiger partial charge in [-0.1, -0.05) is 0 Å². The number of fused-ring (bicyclic) bond motifs is 2. The van der Waals surface area contributed by atoms with Gasteiger partial charge in [0.05, 0.1) is 25.3 Å². The Kier molecular flexibility index (Phi) is 2.86. The first kappa shape index (κ1) is 12.5. The van der Waals surface area contributed by atoms with Crippen LogP contribution in [0.3, 0.4) is 0 Å². The number of aromatic nitrogens is 1. The summed E-state index contributed by atoms with van der Waals surface area (Å²) in [7, 11) is 5.13. The van der Waals surface area contributed by atoms with Crippen LogP contribution in [0.5, 0.6) is 11.5 Å². The zero-order chi connectivity index (χ0) is 14.3. The molecule has 1 aromatic heterocycles. The summed E-state index contributed by atoms with van der Waals surface area (Å²) in [5.41, 5.74) is 1.76. The molecule has 2 aromatic carbocycles. The fourth-order valence-electron chi connectivity index (χ4n) is 2.51. The maximum atomic E-state index is 12.7. The molecule has 0 spiro atoms. The lowest BCUT2D eigenvalue weighted by molar-refractivity contribution is 0.415. The molecule has 20 heavy (non-hydrogen) atoms. The second-order valence-electron chi connectivity index (χ2n) is 4.65. The van der Waals surface area contributed by atoms with Crippen molar-refractivity contribution in [2.24, 2.45) is 7.05 Å². The highest BCUT2D eigenvalue weighted by atomic mass is 16.5. The lowest BCUT2D eigenvalue weighted by Gasteiger charge is -2.12. The summed E-state index contributed by atoms with van der Waals surface area (Å²) >= 11 is 0. The molecule has 0 atom stereocenters. The molecule has 0 radical (unpaired) electrons. The van der Waals surface area contributed by atoms with Gasteiger partial charge in [0.2, 0.25) is 0 Å². The molecular formula is C16H15NO3. The van der Waals surface area contributed by atoms with E-state index in [4.69, 9.17) is 9.47 Å². The minimum Gasteiger partial charge on any atom is -0.497 e. The fourth-order valence-corrected chi connectivity index (χ4v) is 2.51. The third-order valence-electron chi connectivity index (χ3n) is 3.62. The molecule has 0 fully saturated rings. The summed E-state index contributed by atoms with van der Waals surface area (Å²) in [6.07, 6.45) is 0. The van der Waals surface area contributed by atoms with Crippen molar-refractivity contribution in [1.29, 1.82) is 0 Å². The van der Waals surface area contributed by atoms with Crippen LogP contribution in [-0.2, 0) is 7.05 Å². The van der Waals surface area contributed by atoms with Crippen LogP contribution < -0.4 is 14.9 Å². The van der Waals surface area contributed by atoms with E-state index < -0.39 is 0 Å². The summed E-state index contributed by atoms with van der Waals surface area (Å²) in [6.45, 7) is 0. The minimum absolute atomic E-state index is 0.00843. The summed E-state index contributed by atoms with van der Waals surface area (Å²) < 4.78 is 12.4. The van der Waals surface area contributed by atoms with Crippen LogP contribution >= 0.6 is 0 Å². The summed E-state index contributed by atoms with van der Waals surface area (Å²) in [6, 6.07) is 11.1. The van der Waals surface area contributed by atoms with E-state index in [2.05, 4.69) is 0 Å².